The maximum absolute atomic E-state index is 12.9. The Kier molecular flexibility index (Phi) is 3.95. The zero-order valence-electron chi connectivity index (χ0n) is 13.6. The molecule has 27 heavy (non-hydrogen) atoms. The molecule has 0 spiro atoms. The molecule has 9 heteroatoms. The van der Waals surface area contributed by atoms with Gasteiger partial charge in [-0.1, -0.05) is 0 Å². The van der Waals surface area contributed by atoms with E-state index in [2.05, 4.69) is 0 Å². The fraction of sp³-hybridized carbons (Fsp3) is 0.167. The van der Waals surface area contributed by atoms with E-state index in [1.165, 1.54) is 0 Å². The molecule has 1 fully saturated rings. The molecule has 9 nitrogen and oxygen atoms in total. The lowest BCUT2D eigenvalue weighted by atomic mass is 9.62. The van der Waals surface area contributed by atoms with Gasteiger partial charge >= 0.3 is 0 Å². The number of ketones is 3. The Morgan fingerprint density at radius 1 is 0.593 bits per heavy atom. The van der Waals surface area contributed by atoms with Crippen molar-refractivity contribution in [2.75, 3.05) is 0 Å². The maximum Gasteiger partial charge on any atom is 0.163 e. The van der Waals surface area contributed by atoms with Gasteiger partial charge in [0.25, 0.3) is 0 Å². The Hall–Kier alpha value is -3.75. The molecule has 1 saturated carbocycles. The highest BCUT2D eigenvalue weighted by Crippen LogP contribution is 2.53. The number of carbonyl (C=O) groups is 3. The Morgan fingerprint density at radius 2 is 0.889 bits per heavy atom. The van der Waals surface area contributed by atoms with E-state index in [1.54, 1.807) is 0 Å². The van der Waals surface area contributed by atoms with Crippen molar-refractivity contribution in [2.45, 2.75) is 18.3 Å². The Morgan fingerprint density at radius 3 is 1.19 bits per heavy atom. The van der Waals surface area contributed by atoms with E-state index in [-0.39, 0.29) is 0 Å². The first-order valence-corrected chi connectivity index (χ1v) is 7.68. The molecule has 0 heterocycles. The van der Waals surface area contributed by atoms with Crippen LogP contribution in [-0.4, -0.2) is 48.0 Å². The van der Waals surface area contributed by atoms with E-state index in [4.69, 9.17) is 0 Å². The van der Waals surface area contributed by atoms with Crippen molar-refractivity contribution in [3.05, 3.63) is 35.4 Å². The fourth-order valence-electron chi connectivity index (χ4n) is 3.49. The van der Waals surface area contributed by atoms with Gasteiger partial charge in [0.2, 0.25) is 0 Å². The zero-order chi connectivity index (χ0) is 20.1. The predicted octanol–water partition coefficient (Wildman–Crippen LogP) is 0.707. The SMILES string of the molecule is O=C1CC(=O)C(c2c(O)cc(O)cc2O)(c2c(O)cc(O)cc2O)C(=O)C1. The minimum atomic E-state index is -2.61. The standard InChI is InChI=1S/C18H14O9/c19-7-1-10(22)16(11(23)2-7)18(14(26)5-9(21)6-15(18)27)17-12(24)3-8(20)4-13(17)25/h1-4,19-20,22-25H,5-6H2. The highest BCUT2D eigenvalue weighted by Gasteiger charge is 2.57. The summed E-state index contributed by atoms with van der Waals surface area (Å²) in [5, 5.41) is 60.1. The van der Waals surface area contributed by atoms with Gasteiger partial charge in [-0.25, -0.2) is 0 Å². The van der Waals surface area contributed by atoms with Crippen LogP contribution < -0.4 is 0 Å². The molecule has 0 radical (unpaired) electrons. The summed E-state index contributed by atoms with van der Waals surface area (Å²) in [6, 6.07) is 3.01. The number of Topliss-reactive ketones (excluding diaryl/α,β-unsaturated/α-hetero) is 3. The van der Waals surface area contributed by atoms with E-state index in [1.807, 2.05) is 0 Å². The van der Waals surface area contributed by atoms with Gasteiger partial charge in [-0.15, -0.1) is 0 Å². The minimum Gasteiger partial charge on any atom is -0.508 e. The highest BCUT2D eigenvalue weighted by molar-refractivity contribution is 6.29. The second-order valence-corrected chi connectivity index (χ2v) is 6.21. The first-order chi connectivity index (χ1) is 12.6. The molecule has 0 aliphatic heterocycles. The van der Waals surface area contributed by atoms with E-state index < -0.39 is 81.2 Å². The number of hydrogen-bond donors (Lipinski definition) is 6. The van der Waals surface area contributed by atoms with Crippen LogP contribution in [-0.2, 0) is 19.8 Å². The molecule has 0 unspecified atom stereocenters. The molecule has 0 atom stereocenters. The molecule has 2 aromatic carbocycles. The number of rotatable bonds is 2. The van der Waals surface area contributed by atoms with Crippen molar-refractivity contribution in [1.82, 2.24) is 0 Å². The molecular weight excluding hydrogens is 360 g/mol. The minimum absolute atomic E-state index is 0.574. The molecule has 140 valence electrons. The number of hydrogen-bond acceptors (Lipinski definition) is 9. The summed E-state index contributed by atoms with van der Waals surface area (Å²) >= 11 is 0. The van der Waals surface area contributed by atoms with Crippen LogP contribution in [0.2, 0.25) is 0 Å². The lowest BCUT2D eigenvalue weighted by Gasteiger charge is -2.36. The quantitative estimate of drug-likeness (QED) is 0.414. The Bertz CT molecular complexity index is 880. The van der Waals surface area contributed by atoms with Crippen LogP contribution >= 0.6 is 0 Å². The number of carbonyl (C=O) groups excluding carboxylic acids is 3. The van der Waals surface area contributed by atoms with Crippen LogP contribution in [0.5, 0.6) is 34.5 Å². The number of aromatic hydroxyl groups is 6. The Balaban J connectivity index is 2.50. The largest absolute Gasteiger partial charge is 0.508 e. The van der Waals surface area contributed by atoms with Gasteiger partial charge in [0, 0.05) is 24.3 Å². The van der Waals surface area contributed by atoms with Gasteiger partial charge < -0.3 is 30.6 Å². The van der Waals surface area contributed by atoms with Crippen LogP contribution in [0.25, 0.3) is 0 Å². The number of phenols is 6. The molecule has 3 rings (SSSR count). The topological polar surface area (TPSA) is 173 Å². The van der Waals surface area contributed by atoms with Gasteiger partial charge in [0.15, 0.2) is 17.0 Å². The van der Waals surface area contributed by atoms with Crippen LogP contribution in [0.15, 0.2) is 24.3 Å². The first-order valence-electron chi connectivity index (χ1n) is 7.68. The first kappa shape index (κ1) is 18.1. The lowest BCUT2D eigenvalue weighted by Crippen LogP contribution is -2.50. The average molecular weight is 374 g/mol. The summed E-state index contributed by atoms with van der Waals surface area (Å²) in [5.74, 6) is -7.52. The smallest absolute Gasteiger partial charge is 0.163 e. The summed E-state index contributed by atoms with van der Waals surface area (Å²) in [7, 11) is 0. The number of phenolic OH excluding ortho intramolecular Hbond substituents is 6. The van der Waals surface area contributed by atoms with Crippen LogP contribution in [0.1, 0.15) is 24.0 Å². The predicted molar refractivity (Wildman–Crippen MR) is 87.9 cm³/mol. The molecule has 1 aliphatic rings. The zero-order valence-corrected chi connectivity index (χ0v) is 13.6. The third-order valence-corrected chi connectivity index (χ3v) is 4.46. The third kappa shape index (κ3) is 2.51. The van der Waals surface area contributed by atoms with Gasteiger partial charge in [-0.2, -0.15) is 0 Å². The summed E-state index contributed by atoms with van der Waals surface area (Å²) in [6.45, 7) is 0. The molecule has 2 aromatic rings. The molecule has 0 amide bonds. The summed E-state index contributed by atoms with van der Waals surface area (Å²) < 4.78 is 0. The van der Waals surface area contributed by atoms with E-state index in [0.717, 1.165) is 24.3 Å². The normalized spacial score (nSPS) is 16.5. The second-order valence-electron chi connectivity index (χ2n) is 6.21. The van der Waals surface area contributed by atoms with Gasteiger partial charge in [-0.3, -0.25) is 14.4 Å². The van der Waals surface area contributed by atoms with Crippen LogP contribution in [0.3, 0.4) is 0 Å². The van der Waals surface area contributed by atoms with Gasteiger partial charge in [-0.05, 0) is 0 Å². The maximum atomic E-state index is 12.9. The summed E-state index contributed by atoms with van der Waals surface area (Å²) in [6.07, 6.45) is -1.52. The van der Waals surface area contributed by atoms with Crippen LogP contribution in [0, 0.1) is 0 Å². The monoisotopic (exact) mass is 374 g/mol. The summed E-state index contributed by atoms with van der Waals surface area (Å²) in [4.78, 5) is 37.5. The van der Waals surface area contributed by atoms with Crippen molar-refractivity contribution >= 4 is 17.3 Å². The highest BCUT2D eigenvalue weighted by atomic mass is 16.3. The molecule has 6 N–H and O–H groups in total. The Labute approximate surface area is 151 Å². The van der Waals surface area contributed by atoms with Crippen molar-refractivity contribution < 1.29 is 45.0 Å². The van der Waals surface area contributed by atoms with Crippen LogP contribution in [0.4, 0.5) is 0 Å². The van der Waals surface area contributed by atoms with Crippen molar-refractivity contribution in [3.63, 3.8) is 0 Å². The molecule has 0 saturated heterocycles. The molecule has 1 aliphatic carbocycles. The van der Waals surface area contributed by atoms with E-state index in [9.17, 15) is 45.0 Å². The average Bonchev–Trinajstić information content (AvgIpc) is 2.49. The summed E-state index contributed by atoms with van der Waals surface area (Å²) in [5.41, 5.74) is -4.00. The van der Waals surface area contributed by atoms with E-state index >= 15 is 0 Å². The lowest BCUT2D eigenvalue weighted by molar-refractivity contribution is -0.141. The second kappa shape index (κ2) is 5.90. The van der Waals surface area contributed by atoms with E-state index in [0.29, 0.717) is 0 Å². The third-order valence-electron chi connectivity index (χ3n) is 4.46. The van der Waals surface area contributed by atoms with Crippen molar-refractivity contribution in [1.29, 1.82) is 0 Å². The molecule has 0 aromatic heterocycles. The molecule has 0 bridgehead atoms. The van der Waals surface area contributed by atoms with Gasteiger partial charge in [0.05, 0.1) is 24.0 Å². The fourth-order valence-corrected chi connectivity index (χ4v) is 3.49. The number of benzene rings is 2. The van der Waals surface area contributed by atoms with Crippen molar-refractivity contribution in [3.8, 4) is 34.5 Å². The molecular formula is C18H14O9. The van der Waals surface area contributed by atoms with Crippen molar-refractivity contribution in [2.24, 2.45) is 0 Å². The van der Waals surface area contributed by atoms with Gasteiger partial charge in [0.1, 0.15) is 40.3 Å².